The molecule has 0 unspecified atom stereocenters. The maximum absolute atomic E-state index is 8.61. The highest BCUT2D eigenvalue weighted by atomic mass is 15.0. The van der Waals surface area contributed by atoms with Gasteiger partial charge < -0.3 is 4.90 Å². The molecule has 0 aromatic rings. The Hall–Kier alpha value is -1.74. The Balaban J connectivity index is 4.82. The van der Waals surface area contributed by atoms with Gasteiger partial charge >= 0.3 is 0 Å². The van der Waals surface area contributed by atoms with Gasteiger partial charge in [-0.05, 0) is 24.3 Å². The molecule has 0 aliphatic heterocycles. The van der Waals surface area contributed by atoms with E-state index in [1.54, 1.807) is 6.08 Å². The van der Waals surface area contributed by atoms with Crippen LogP contribution in [-0.2, 0) is 0 Å². The molecule has 3 heteroatoms. The normalized spacial score (nSPS) is 9.00. The van der Waals surface area contributed by atoms with Crippen molar-refractivity contribution in [3.8, 4) is 12.1 Å². The first-order valence-electron chi connectivity index (χ1n) is 4.03. The molecular formula is C10H13N3. The SMILES string of the molecule is CCC(/C=C/N(C)C)=C(C#N)C#N. The number of allylic oxidation sites excluding steroid dienone is 3. The minimum absolute atomic E-state index is 0.195. The molecule has 0 aliphatic rings. The molecule has 3 nitrogen and oxygen atoms in total. The lowest BCUT2D eigenvalue weighted by Crippen LogP contribution is -2.00. The van der Waals surface area contributed by atoms with Crippen LogP contribution in [0.3, 0.4) is 0 Å². The molecule has 0 bridgehead atoms. The van der Waals surface area contributed by atoms with Crippen LogP contribution in [0.15, 0.2) is 23.4 Å². The molecule has 0 amide bonds. The standard InChI is InChI=1S/C10H13N3/c1-4-9(5-6-13(2)3)10(7-11)8-12/h5-6H,4H2,1-3H3/b6-5+. The average molecular weight is 175 g/mol. The lowest BCUT2D eigenvalue weighted by atomic mass is 10.1. The molecule has 0 heterocycles. The van der Waals surface area contributed by atoms with Crippen molar-refractivity contribution in [2.45, 2.75) is 13.3 Å². The third kappa shape index (κ3) is 3.98. The van der Waals surface area contributed by atoms with E-state index in [-0.39, 0.29) is 5.57 Å². The Labute approximate surface area is 79.2 Å². The van der Waals surface area contributed by atoms with Gasteiger partial charge in [0.1, 0.15) is 17.7 Å². The van der Waals surface area contributed by atoms with Crippen LogP contribution in [0.25, 0.3) is 0 Å². The van der Waals surface area contributed by atoms with E-state index < -0.39 is 0 Å². The summed E-state index contributed by atoms with van der Waals surface area (Å²) >= 11 is 0. The van der Waals surface area contributed by atoms with Crippen LogP contribution in [0.5, 0.6) is 0 Å². The molecule has 68 valence electrons. The zero-order chi connectivity index (χ0) is 10.3. The van der Waals surface area contributed by atoms with Crippen molar-refractivity contribution >= 4 is 0 Å². The molecule has 0 aromatic carbocycles. The molecule has 0 atom stereocenters. The monoisotopic (exact) mass is 175 g/mol. The molecule has 13 heavy (non-hydrogen) atoms. The van der Waals surface area contributed by atoms with Crippen LogP contribution < -0.4 is 0 Å². The van der Waals surface area contributed by atoms with Crippen molar-refractivity contribution in [2.75, 3.05) is 14.1 Å². The Morgan fingerprint density at radius 1 is 1.31 bits per heavy atom. The molecule has 0 saturated carbocycles. The molecule has 0 rings (SSSR count). The molecule has 0 N–H and O–H groups in total. The molecule has 0 aliphatic carbocycles. The van der Waals surface area contributed by atoms with E-state index in [0.29, 0.717) is 6.42 Å². The fourth-order valence-electron chi connectivity index (χ4n) is 0.786. The fourth-order valence-corrected chi connectivity index (χ4v) is 0.786. The summed E-state index contributed by atoms with van der Waals surface area (Å²) in [5.74, 6) is 0. The first-order chi connectivity index (χ1) is 6.15. The molecule has 0 aromatic heterocycles. The maximum Gasteiger partial charge on any atom is 0.132 e. The van der Waals surface area contributed by atoms with Gasteiger partial charge in [0.25, 0.3) is 0 Å². The summed E-state index contributed by atoms with van der Waals surface area (Å²) in [6, 6.07) is 3.75. The van der Waals surface area contributed by atoms with Crippen molar-refractivity contribution in [3.63, 3.8) is 0 Å². The average Bonchev–Trinajstić information content (AvgIpc) is 2.11. The van der Waals surface area contributed by atoms with Crippen molar-refractivity contribution in [1.29, 1.82) is 10.5 Å². The van der Waals surface area contributed by atoms with Gasteiger partial charge in [-0.25, -0.2) is 0 Å². The van der Waals surface area contributed by atoms with Crippen LogP contribution in [0, 0.1) is 22.7 Å². The summed E-state index contributed by atoms with van der Waals surface area (Å²) in [6.07, 6.45) is 4.32. The maximum atomic E-state index is 8.61. The summed E-state index contributed by atoms with van der Waals surface area (Å²) in [5, 5.41) is 17.2. The summed E-state index contributed by atoms with van der Waals surface area (Å²) in [7, 11) is 3.78. The molecular weight excluding hydrogens is 162 g/mol. The van der Waals surface area contributed by atoms with Crippen molar-refractivity contribution < 1.29 is 0 Å². The molecule has 0 spiro atoms. The first-order valence-corrected chi connectivity index (χ1v) is 4.03. The highest BCUT2D eigenvalue weighted by Gasteiger charge is 1.99. The van der Waals surface area contributed by atoms with Crippen LogP contribution in [0.4, 0.5) is 0 Å². The zero-order valence-electron chi connectivity index (χ0n) is 8.20. The lowest BCUT2D eigenvalue weighted by Gasteiger charge is -2.04. The number of nitriles is 2. The van der Waals surface area contributed by atoms with Gasteiger partial charge in [0, 0.05) is 14.1 Å². The second kappa shape index (κ2) is 5.85. The zero-order valence-corrected chi connectivity index (χ0v) is 8.20. The van der Waals surface area contributed by atoms with Gasteiger partial charge in [0.05, 0.1) is 0 Å². The van der Waals surface area contributed by atoms with Crippen molar-refractivity contribution in [3.05, 3.63) is 23.4 Å². The molecule has 0 radical (unpaired) electrons. The van der Waals surface area contributed by atoms with Crippen molar-refractivity contribution in [2.24, 2.45) is 0 Å². The van der Waals surface area contributed by atoms with E-state index >= 15 is 0 Å². The van der Waals surface area contributed by atoms with Crippen LogP contribution in [0.1, 0.15) is 13.3 Å². The predicted octanol–water partition coefficient (Wildman–Crippen LogP) is 1.82. The van der Waals surface area contributed by atoms with Gasteiger partial charge in [-0.1, -0.05) is 6.92 Å². The largest absolute Gasteiger partial charge is 0.383 e. The Bertz CT molecular complexity index is 281. The Morgan fingerprint density at radius 3 is 2.15 bits per heavy atom. The third-order valence-corrected chi connectivity index (χ3v) is 1.50. The summed E-state index contributed by atoms with van der Waals surface area (Å²) in [5.41, 5.74) is 0.972. The van der Waals surface area contributed by atoms with Gasteiger partial charge in [-0.15, -0.1) is 0 Å². The van der Waals surface area contributed by atoms with E-state index in [1.807, 2.05) is 44.3 Å². The lowest BCUT2D eigenvalue weighted by molar-refractivity contribution is 0.563. The van der Waals surface area contributed by atoms with Gasteiger partial charge in [0.15, 0.2) is 0 Å². The topological polar surface area (TPSA) is 50.8 Å². The fraction of sp³-hybridized carbons (Fsp3) is 0.400. The number of hydrogen-bond acceptors (Lipinski definition) is 3. The second-order valence-corrected chi connectivity index (χ2v) is 2.76. The van der Waals surface area contributed by atoms with E-state index in [0.717, 1.165) is 5.57 Å². The Morgan fingerprint density at radius 2 is 1.85 bits per heavy atom. The highest BCUT2D eigenvalue weighted by molar-refractivity contribution is 5.44. The van der Waals surface area contributed by atoms with E-state index in [2.05, 4.69) is 0 Å². The minimum Gasteiger partial charge on any atom is -0.383 e. The first kappa shape index (κ1) is 11.3. The van der Waals surface area contributed by atoms with Gasteiger partial charge in [0.2, 0.25) is 0 Å². The molecule has 0 saturated heterocycles. The van der Waals surface area contributed by atoms with Crippen LogP contribution >= 0.6 is 0 Å². The van der Waals surface area contributed by atoms with E-state index in [1.165, 1.54) is 0 Å². The number of rotatable bonds is 3. The van der Waals surface area contributed by atoms with Gasteiger partial charge in [-0.2, -0.15) is 10.5 Å². The smallest absolute Gasteiger partial charge is 0.132 e. The second-order valence-electron chi connectivity index (χ2n) is 2.76. The quantitative estimate of drug-likeness (QED) is 0.485. The highest BCUT2D eigenvalue weighted by Crippen LogP contribution is 2.09. The third-order valence-electron chi connectivity index (χ3n) is 1.50. The van der Waals surface area contributed by atoms with Crippen LogP contribution in [-0.4, -0.2) is 19.0 Å². The number of nitrogens with zero attached hydrogens (tertiary/aromatic N) is 3. The summed E-state index contributed by atoms with van der Waals surface area (Å²) in [4.78, 5) is 1.86. The van der Waals surface area contributed by atoms with Crippen molar-refractivity contribution in [1.82, 2.24) is 4.90 Å². The predicted molar refractivity (Wildman–Crippen MR) is 51.4 cm³/mol. The van der Waals surface area contributed by atoms with Crippen LogP contribution in [0.2, 0.25) is 0 Å². The summed E-state index contributed by atoms with van der Waals surface area (Å²) < 4.78 is 0. The Kier molecular flexibility index (Phi) is 5.07. The summed E-state index contributed by atoms with van der Waals surface area (Å²) in [6.45, 7) is 1.92. The van der Waals surface area contributed by atoms with E-state index in [9.17, 15) is 0 Å². The number of hydrogen-bond donors (Lipinski definition) is 0. The van der Waals surface area contributed by atoms with E-state index in [4.69, 9.17) is 10.5 Å². The van der Waals surface area contributed by atoms with Gasteiger partial charge in [-0.3, -0.25) is 0 Å². The minimum atomic E-state index is 0.195. The molecule has 0 fully saturated rings.